The number of halogens is 1. The summed E-state index contributed by atoms with van der Waals surface area (Å²) >= 11 is 5.95. The number of imide groups is 1. The molecule has 0 atom stereocenters. The highest BCUT2D eigenvalue weighted by Crippen LogP contribution is 2.20. The van der Waals surface area contributed by atoms with Crippen LogP contribution in [0.3, 0.4) is 0 Å². The molecule has 2 aromatic rings. The van der Waals surface area contributed by atoms with Crippen molar-refractivity contribution >= 4 is 29.2 Å². The zero-order valence-corrected chi connectivity index (χ0v) is 17.6. The van der Waals surface area contributed by atoms with Gasteiger partial charge in [0.2, 0.25) is 11.2 Å². The molecule has 4 rings (SSSR count). The second kappa shape index (κ2) is 9.40. The van der Waals surface area contributed by atoms with Crippen LogP contribution in [0.25, 0.3) is 0 Å². The summed E-state index contributed by atoms with van der Waals surface area (Å²) in [6.07, 6.45) is 1.22. The average Bonchev–Trinajstić information content (AvgIpc) is 3.20. The summed E-state index contributed by atoms with van der Waals surface area (Å²) in [4.78, 5) is 41.4. The highest BCUT2D eigenvalue weighted by Gasteiger charge is 2.26. The van der Waals surface area contributed by atoms with Gasteiger partial charge < -0.3 is 19.4 Å². The Morgan fingerprint density at radius 2 is 1.84 bits per heavy atom. The Hall–Kier alpha value is -3.04. The number of carbonyl (C=O) groups excluding carboxylic acids is 2. The quantitative estimate of drug-likeness (QED) is 0.719. The Kier molecular flexibility index (Phi) is 6.43. The molecular weight excluding hydrogens is 424 g/mol. The zero-order valence-electron chi connectivity index (χ0n) is 16.9. The largest absolute Gasteiger partial charge is 0.477 e. The number of nitrogens with one attached hydrogen (secondary N) is 1. The highest BCUT2D eigenvalue weighted by atomic mass is 35.5. The summed E-state index contributed by atoms with van der Waals surface area (Å²) in [6, 6.07) is 8.72. The van der Waals surface area contributed by atoms with E-state index >= 15 is 0 Å². The van der Waals surface area contributed by atoms with Crippen LogP contribution < -0.4 is 20.4 Å². The first-order valence-electron chi connectivity index (χ1n) is 10.1. The van der Waals surface area contributed by atoms with Crippen molar-refractivity contribution < 1.29 is 18.7 Å². The summed E-state index contributed by atoms with van der Waals surface area (Å²) in [5.74, 6) is -0.0242. The third-order valence-corrected chi connectivity index (χ3v) is 5.56. The third-order valence-electron chi connectivity index (χ3n) is 5.30. The molecule has 1 aromatic heterocycles. The number of hydrogen-bond acceptors (Lipinski definition) is 7. The highest BCUT2D eigenvalue weighted by molar-refractivity contribution is 6.30. The number of piperazine rings is 1. The monoisotopic (exact) mass is 446 g/mol. The van der Waals surface area contributed by atoms with E-state index in [1.54, 1.807) is 0 Å². The molecule has 10 heteroatoms. The van der Waals surface area contributed by atoms with Crippen molar-refractivity contribution in [3.8, 4) is 5.75 Å². The molecule has 1 N–H and O–H groups in total. The number of amides is 3. The van der Waals surface area contributed by atoms with E-state index in [1.807, 2.05) is 24.3 Å². The molecule has 3 amide bonds. The number of urea groups is 1. The fourth-order valence-corrected chi connectivity index (χ4v) is 3.72. The van der Waals surface area contributed by atoms with Gasteiger partial charge in [0, 0.05) is 56.0 Å². The molecule has 31 heavy (non-hydrogen) atoms. The van der Waals surface area contributed by atoms with Crippen LogP contribution in [0.15, 0.2) is 45.8 Å². The molecule has 164 valence electrons. The Balaban J connectivity index is 1.27. The number of hydrogen-bond donors (Lipinski definition) is 1. The Bertz CT molecular complexity index is 1000. The molecule has 9 nitrogen and oxygen atoms in total. The lowest BCUT2D eigenvalue weighted by Gasteiger charge is -2.35. The number of nitrogens with zero attached hydrogens (tertiary/aromatic N) is 3. The Morgan fingerprint density at radius 1 is 1.10 bits per heavy atom. The first kappa shape index (κ1) is 21.2. The molecule has 0 unspecified atom stereocenters. The SMILES string of the molecule is O=C(COc1coc(CN2CCN(c3ccc(Cl)cc3)CC2)cc1=O)N1CCNC1=O. The first-order valence-corrected chi connectivity index (χ1v) is 10.4. The Labute approximate surface area is 184 Å². The number of rotatable bonds is 6. The summed E-state index contributed by atoms with van der Waals surface area (Å²) < 4.78 is 10.8. The molecule has 0 radical (unpaired) electrons. The lowest BCUT2D eigenvalue weighted by molar-refractivity contribution is -0.129. The van der Waals surface area contributed by atoms with Crippen molar-refractivity contribution in [3.05, 3.63) is 57.6 Å². The van der Waals surface area contributed by atoms with Crippen LogP contribution in [0.4, 0.5) is 10.5 Å². The minimum Gasteiger partial charge on any atom is -0.477 e. The average molecular weight is 447 g/mol. The zero-order chi connectivity index (χ0) is 21.8. The van der Waals surface area contributed by atoms with Crippen molar-refractivity contribution in [3.63, 3.8) is 0 Å². The molecule has 3 heterocycles. The number of ether oxygens (including phenoxy) is 1. The van der Waals surface area contributed by atoms with E-state index in [2.05, 4.69) is 15.1 Å². The van der Waals surface area contributed by atoms with Gasteiger partial charge in [-0.25, -0.2) is 4.79 Å². The van der Waals surface area contributed by atoms with E-state index < -0.39 is 18.5 Å². The van der Waals surface area contributed by atoms with E-state index in [4.69, 9.17) is 20.8 Å². The fraction of sp³-hybridized carbons (Fsp3) is 0.381. The standard InChI is InChI=1S/C21H23ClN4O5/c22-15-1-3-16(4-2-15)25-9-7-24(8-10-25)12-17-11-18(27)19(13-30-17)31-14-20(28)26-6-5-23-21(26)29/h1-4,11,13H,5-10,12,14H2,(H,23,29). The third kappa shape index (κ3) is 5.18. The van der Waals surface area contributed by atoms with Crippen LogP contribution in [-0.4, -0.2) is 67.6 Å². The number of anilines is 1. The van der Waals surface area contributed by atoms with Gasteiger partial charge in [-0.05, 0) is 24.3 Å². The first-order chi connectivity index (χ1) is 15.0. The van der Waals surface area contributed by atoms with E-state index in [0.717, 1.165) is 41.8 Å². The molecule has 2 aliphatic rings. The molecule has 0 bridgehead atoms. The van der Waals surface area contributed by atoms with Crippen LogP contribution in [0.1, 0.15) is 5.76 Å². The summed E-state index contributed by atoms with van der Waals surface area (Å²) in [6.45, 7) is 4.20. The molecule has 1 aromatic carbocycles. The van der Waals surface area contributed by atoms with Gasteiger partial charge >= 0.3 is 6.03 Å². The second-order valence-corrected chi connectivity index (χ2v) is 7.82. The van der Waals surface area contributed by atoms with Crippen LogP contribution in [0, 0.1) is 0 Å². The predicted octanol–water partition coefficient (Wildman–Crippen LogP) is 1.55. The van der Waals surface area contributed by atoms with E-state index in [9.17, 15) is 14.4 Å². The minimum absolute atomic E-state index is 0.0516. The van der Waals surface area contributed by atoms with E-state index in [0.29, 0.717) is 25.4 Å². The lowest BCUT2D eigenvalue weighted by Crippen LogP contribution is -2.46. The molecule has 0 saturated carbocycles. The molecule has 2 saturated heterocycles. The van der Waals surface area contributed by atoms with Gasteiger partial charge in [0.25, 0.3) is 5.91 Å². The fourth-order valence-electron chi connectivity index (χ4n) is 3.59. The van der Waals surface area contributed by atoms with Crippen LogP contribution in [0.5, 0.6) is 5.75 Å². The van der Waals surface area contributed by atoms with Crippen LogP contribution in [0.2, 0.25) is 5.02 Å². The van der Waals surface area contributed by atoms with Gasteiger partial charge in [0.05, 0.1) is 6.54 Å². The van der Waals surface area contributed by atoms with E-state index in [-0.39, 0.29) is 11.2 Å². The van der Waals surface area contributed by atoms with Crippen molar-refractivity contribution in [2.75, 3.05) is 50.8 Å². The normalized spacial score (nSPS) is 17.0. The van der Waals surface area contributed by atoms with Gasteiger partial charge in [-0.15, -0.1) is 0 Å². The van der Waals surface area contributed by atoms with Gasteiger partial charge in [-0.2, -0.15) is 0 Å². The molecule has 2 fully saturated rings. The molecular formula is C21H23ClN4O5. The Morgan fingerprint density at radius 3 is 2.48 bits per heavy atom. The molecule has 2 aliphatic heterocycles. The second-order valence-electron chi connectivity index (χ2n) is 7.38. The summed E-state index contributed by atoms with van der Waals surface area (Å²) in [5.41, 5.74) is 0.776. The maximum absolute atomic E-state index is 12.3. The van der Waals surface area contributed by atoms with Crippen LogP contribution in [-0.2, 0) is 11.3 Å². The maximum atomic E-state index is 12.3. The smallest absolute Gasteiger partial charge is 0.324 e. The predicted molar refractivity (Wildman–Crippen MR) is 115 cm³/mol. The topological polar surface area (TPSA) is 95.3 Å². The maximum Gasteiger partial charge on any atom is 0.324 e. The van der Waals surface area contributed by atoms with Crippen molar-refractivity contribution in [1.82, 2.24) is 15.1 Å². The number of carbonyl (C=O) groups is 2. The summed E-state index contributed by atoms with van der Waals surface area (Å²) in [7, 11) is 0. The minimum atomic E-state index is -0.503. The molecule has 0 aliphatic carbocycles. The van der Waals surface area contributed by atoms with Crippen molar-refractivity contribution in [2.24, 2.45) is 0 Å². The van der Waals surface area contributed by atoms with Crippen molar-refractivity contribution in [2.45, 2.75) is 6.54 Å². The van der Waals surface area contributed by atoms with Crippen LogP contribution >= 0.6 is 11.6 Å². The number of benzene rings is 1. The molecule has 0 spiro atoms. The van der Waals surface area contributed by atoms with Gasteiger partial charge in [0.1, 0.15) is 12.0 Å². The lowest BCUT2D eigenvalue weighted by atomic mass is 10.2. The van der Waals surface area contributed by atoms with Gasteiger partial charge in [0.15, 0.2) is 6.61 Å². The van der Waals surface area contributed by atoms with Gasteiger partial charge in [-0.3, -0.25) is 19.4 Å². The van der Waals surface area contributed by atoms with Gasteiger partial charge in [-0.1, -0.05) is 11.6 Å². The van der Waals surface area contributed by atoms with Crippen molar-refractivity contribution in [1.29, 1.82) is 0 Å². The van der Waals surface area contributed by atoms with E-state index in [1.165, 1.54) is 12.3 Å². The summed E-state index contributed by atoms with van der Waals surface area (Å²) in [5, 5.41) is 3.26.